The molecular weight excluding hydrogens is 537 g/mol. The molecule has 6 rings (SSSR count). The average molecular weight is 567 g/mol. The molecule has 41 heavy (non-hydrogen) atoms. The number of oxazole rings is 1. The van der Waals surface area contributed by atoms with Gasteiger partial charge in [0, 0.05) is 43.0 Å². The molecule has 214 valence electrons. The highest BCUT2D eigenvalue weighted by Crippen LogP contribution is 2.57. The molecule has 1 aliphatic carbocycles. The number of aromatic nitrogens is 2. The maximum atomic E-state index is 13.5. The third-order valence-electron chi connectivity index (χ3n) is 7.85. The second kappa shape index (κ2) is 10.4. The van der Waals surface area contributed by atoms with Crippen LogP contribution in [0, 0.1) is 12.3 Å². The lowest BCUT2D eigenvalue weighted by atomic mass is 9.99. The molecule has 2 aromatic carbocycles. The molecule has 0 unspecified atom stereocenters. The number of anilines is 1. The van der Waals surface area contributed by atoms with Gasteiger partial charge in [0.05, 0.1) is 6.61 Å². The molecule has 11 heteroatoms. The topological polar surface area (TPSA) is 91.9 Å². The lowest BCUT2D eigenvalue weighted by molar-refractivity contribution is -0.194. The van der Waals surface area contributed by atoms with Crippen molar-refractivity contribution in [2.45, 2.75) is 32.5 Å². The quantitative estimate of drug-likeness (QED) is 0.321. The van der Waals surface area contributed by atoms with E-state index in [4.69, 9.17) is 9.15 Å². The molecule has 0 atom stereocenters. The number of fused-ring (bicyclic) bond motifs is 1. The van der Waals surface area contributed by atoms with E-state index in [2.05, 4.69) is 9.97 Å². The highest BCUT2D eigenvalue weighted by molar-refractivity contribution is 5.96. The molecule has 1 N–H and O–H groups in total. The van der Waals surface area contributed by atoms with Gasteiger partial charge in [-0.1, -0.05) is 24.3 Å². The van der Waals surface area contributed by atoms with Crippen LogP contribution in [0.2, 0.25) is 0 Å². The number of rotatable bonds is 7. The van der Waals surface area contributed by atoms with Crippen LogP contribution in [0.15, 0.2) is 59.0 Å². The van der Waals surface area contributed by atoms with Gasteiger partial charge in [-0.2, -0.15) is 18.2 Å². The number of nitrogens with zero attached hydrogens (tertiary/aromatic N) is 4. The Kier molecular flexibility index (Phi) is 6.85. The minimum absolute atomic E-state index is 0.0410. The van der Waals surface area contributed by atoms with Crippen LogP contribution in [0.3, 0.4) is 0 Å². The second-order valence-corrected chi connectivity index (χ2v) is 10.7. The fourth-order valence-corrected chi connectivity index (χ4v) is 5.00. The van der Waals surface area contributed by atoms with Crippen LogP contribution in [-0.4, -0.2) is 64.8 Å². The Morgan fingerprint density at radius 1 is 1.02 bits per heavy atom. The van der Waals surface area contributed by atoms with Crippen LogP contribution in [0.5, 0.6) is 5.75 Å². The molecule has 2 aliphatic rings. The van der Waals surface area contributed by atoms with Gasteiger partial charge >= 0.3 is 6.18 Å². The van der Waals surface area contributed by atoms with Crippen molar-refractivity contribution in [3.63, 3.8) is 0 Å². The van der Waals surface area contributed by atoms with Crippen LogP contribution < -0.4 is 9.64 Å². The Hall–Kier alpha value is -4.12. The molecule has 1 amide bonds. The van der Waals surface area contributed by atoms with Gasteiger partial charge in [-0.15, -0.1) is 0 Å². The van der Waals surface area contributed by atoms with E-state index in [1.807, 2.05) is 24.0 Å². The van der Waals surface area contributed by atoms with Crippen molar-refractivity contribution in [1.29, 1.82) is 0 Å². The highest BCUT2D eigenvalue weighted by atomic mass is 19.4. The number of aliphatic hydroxyl groups excluding tert-OH is 1. The third-order valence-corrected chi connectivity index (χ3v) is 7.85. The van der Waals surface area contributed by atoms with Gasteiger partial charge in [-0.3, -0.25) is 4.79 Å². The molecule has 0 spiro atoms. The van der Waals surface area contributed by atoms with E-state index in [1.165, 1.54) is 0 Å². The Morgan fingerprint density at radius 3 is 2.41 bits per heavy atom. The van der Waals surface area contributed by atoms with Crippen molar-refractivity contribution < 1.29 is 32.2 Å². The van der Waals surface area contributed by atoms with E-state index < -0.39 is 18.2 Å². The van der Waals surface area contributed by atoms with Gasteiger partial charge in [0.15, 0.2) is 5.58 Å². The summed E-state index contributed by atoms with van der Waals surface area (Å²) >= 11 is 0. The first-order chi connectivity index (χ1) is 19.7. The van der Waals surface area contributed by atoms with Crippen molar-refractivity contribution in [3.05, 3.63) is 71.4 Å². The molecule has 8 nitrogen and oxygen atoms in total. The summed E-state index contributed by atoms with van der Waals surface area (Å²) in [5, 5.41) is 9.41. The van der Waals surface area contributed by atoms with E-state index in [-0.39, 0.29) is 31.1 Å². The average Bonchev–Trinajstić information content (AvgIpc) is 3.68. The zero-order chi connectivity index (χ0) is 28.8. The number of carbonyl (C=O) groups is 1. The maximum absolute atomic E-state index is 13.5. The largest absolute Gasteiger partial charge is 0.492 e. The minimum atomic E-state index is -4.33. The van der Waals surface area contributed by atoms with Crippen LogP contribution in [0.1, 0.15) is 34.5 Å². The molecule has 0 bridgehead atoms. The number of carbonyl (C=O) groups excluding carboxylic acids is 1. The number of piperazine rings is 1. The molecule has 4 aromatic rings. The summed E-state index contributed by atoms with van der Waals surface area (Å²) in [5.41, 5.74) is 2.48. The summed E-state index contributed by atoms with van der Waals surface area (Å²) in [6.45, 7) is 3.20. The summed E-state index contributed by atoms with van der Waals surface area (Å²) in [4.78, 5) is 26.1. The Bertz CT molecular complexity index is 1570. The first kappa shape index (κ1) is 27.1. The van der Waals surface area contributed by atoms with Crippen LogP contribution in [-0.2, 0) is 6.61 Å². The molecule has 3 heterocycles. The lowest BCUT2D eigenvalue weighted by Gasteiger charge is -2.34. The number of ether oxygens (including phenoxy) is 1. The van der Waals surface area contributed by atoms with E-state index >= 15 is 0 Å². The van der Waals surface area contributed by atoms with Gasteiger partial charge in [0.1, 0.15) is 17.8 Å². The van der Waals surface area contributed by atoms with Gasteiger partial charge < -0.3 is 24.1 Å². The number of hydrogen-bond acceptors (Lipinski definition) is 7. The molecule has 2 aromatic heterocycles. The van der Waals surface area contributed by atoms with Crippen LogP contribution >= 0.6 is 0 Å². The van der Waals surface area contributed by atoms with E-state index in [1.54, 1.807) is 47.4 Å². The fraction of sp³-hybridized carbons (Fsp3) is 0.367. The van der Waals surface area contributed by atoms with Gasteiger partial charge in [-0.05, 0) is 61.2 Å². The van der Waals surface area contributed by atoms with Crippen molar-refractivity contribution in [2.24, 2.45) is 5.41 Å². The smallest absolute Gasteiger partial charge is 0.397 e. The lowest BCUT2D eigenvalue weighted by Crippen LogP contribution is -2.48. The molecule has 1 saturated carbocycles. The summed E-state index contributed by atoms with van der Waals surface area (Å²) in [5.74, 6) is 0.0895. The van der Waals surface area contributed by atoms with Crippen LogP contribution in [0.25, 0.3) is 22.4 Å². The zero-order valence-electron chi connectivity index (χ0n) is 22.4. The summed E-state index contributed by atoms with van der Waals surface area (Å²) in [6, 6.07) is 16.0. The normalized spacial score (nSPS) is 16.7. The Labute approximate surface area is 234 Å². The molecule has 0 radical (unpaired) electrons. The van der Waals surface area contributed by atoms with Gasteiger partial charge in [-0.25, -0.2) is 4.98 Å². The number of benzene rings is 2. The zero-order valence-corrected chi connectivity index (χ0v) is 22.4. The summed E-state index contributed by atoms with van der Waals surface area (Å²) in [7, 11) is 0. The maximum Gasteiger partial charge on any atom is 0.397 e. The minimum Gasteiger partial charge on any atom is -0.492 e. The predicted molar refractivity (Wildman–Crippen MR) is 146 cm³/mol. The molecular formula is C30H29F3N4O4. The SMILES string of the molecule is Cc1ccc2oc(N3CCN(C(=O)c4ccc(OCC5(C(F)(F)F)CC5)c(-c5ccc(CO)cc5)c4)CC3)nc2n1. The van der Waals surface area contributed by atoms with Gasteiger partial charge in [0.2, 0.25) is 5.65 Å². The molecule has 1 aliphatic heterocycles. The summed E-state index contributed by atoms with van der Waals surface area (Å²) in [6.07, 6.45) is -4.25. The van der Waals surface area contributed by atoms with Crippen molar-refractivity contribution in [1.82, 2.24) is 14.9 Å². The van der Waals surface area contributed by atoms with Crippen LogP contribution in [0.4, 0.5) is 19.2 Å². The van der Waals surface area contributed by atoms with Gasteiger partial charge in [0.25, 0.3) is 11.9 Å². The molecule has 1 saturated heterocycles. The monoisotopic (exact) mass is 566 g/mol. The number of pyridine rings is 1. The fourth-order valence-electron chi connectivity index (χ4n) is 5.00. The third kappa shape index (κ3) is 5.33. The van der Waals surface area contributed by atoms with E-state index in [0.717, 1.165) is 5.69 Å². The number of hydrogen-bond donors (Lipinski definition) is 1. The van der Waals surface area contributed by atoms with Crippen molar-refractivity contribution in [2.75, 3.05) is 37.7 Å². The van der Waals surface area contributed by atoms with E-state index in [9.17, 15) is 23.1 Å². The first-order valence-corrected chi connectivity index (χ1v) is 13.5. The Balaban J connectivity index is 1.20. The molecule has 2 fully saturated rings. The highest BCUT2D eigenvalue weighted by Gasteiger charge is 2.64. The first-order valence-electron chi connectivity index (χ1n) is 13.5. The second-order valence-electron chi connectivity index (χ2n) is 10.7. The Morgan fingerprint density at radius 2 is 1.76 bits per heavy atom. The number of alkyl halides is 3. The number of amides is 1. The standard InChI is InChI=1S/C30H29F3N4O4/c1-19-2-8-25-26(34-19)35-28(41-25)37-14-12-36(13-15-37)27(39)22-7-9-24(40-18-29(10-11-29)30(31,32)33)23(16-22)21-5-3-20(17-38)4-6-21/h2-9,16,38H,10-15,17-18H2,1H3. The van der Waals surface area contributed by atoms with Crippen molar-refractivity contribution in [3.8, 4) is 16.9 Å². The number of halogens is 3. The van der Waals surface area contributed by atoms with E-state index in [0.29, 0.717) is 65.7 Å². The number of aliphatic hydroxyl groups is 1. The number of aryl methyl sites for hydroxylation is 1. The predicted octanol–water partition coefficient (Wildman–Crippen LogP) is 5.37. The van der Waals surface area contributed by atoms with Crippen molar-refractivity contribution >= 4 is 23.2 Å². The summed E-state index contributed by atoms with van der Waals surface area (Å²) < 4.78 is 52.2.